The Morgan fingerprint density at radius 1 is 1.04 bits per heavy atom. The number of nitrogens with zero attached hydrogens (tertiary/aromatic N) is 2. The number of methoxy groups -OCH3 is 1. The smallest absolute Gasteiger partial charge is 0.274 e. The number of ether oxygens (including phenoxy) is 1. The monoisotopic (exact) mass is 362 g/mol. The molecule has 0 radical (unpaired) electrons. The summed E-state index contributed by atoms with van der Waals surface area (Å²) in [5, 5.41) is 6.09. The number of aromatic nitrogens is 2. The molecule has 2 aromatic carbocycles. The van der Waals surface area contributed by atoms with E-state index in [0.717, 1.165) is 22.6 Å². The highest BCUT2D eigenvalue weighted by Gasteiger charge is 2.11. The van der Waals surface area contributed by atoms with Crippen molar-refractivity contribution in [3.8, 4) is 5.75 Å². The number of carbonyl (C=O) groups excluding carboxylic acids is 1. The maximum atomic E-state index is 12.5. The van der Waals surface area contributed by atoms with Crippen molar-refractivity contribution < 1.29 is 9.53 Å². The molecule has 6 heteroatoms. The molecule has 3 rings (SSSR count). The third kappa shape index (κ3) is 4.82. The zero-order chi connectivity index (χ0) is 19.2. The van der Waals surface area contributed by atoms with Crippen LogP contribution in [0.3, 0.4) is 0 Å². The second-order valence-electron chi connectivity index (χ2n) is 6.17. The minimum atomic E-state index is -0.273. The summed E-state index contributed by atoms with van der Waals surface area (Å²) in [6.07, 6.45) is 0. The number of rotatable bonds is 6. The summed E-state index contributed by atoms with van der Waals surface area (Å²) in [5.74, 6) is 1.63. The minimum absolute atomic E-state index is 0.273. The summed E-state index contributed by atoms with van der Waals surface area (Å²) in [6.45, 7) is 4.29. The van der Waals surface area contributed by atoms with E-state index in [9.17, 15) is 4.79 Å². The zero-order valence-electron chi connectivity index (χ0n) is 15.6. The Morgan fingerprint density at radius 2 is 1.78 bits per heavy atom. The molecule has 0 bridgehead atoms. The Hall–Kier alpha value is -3.41. The maximum absolute atomic E-state index is 12.5. The van der Waals surface area contributed by atoms with Crippen LogP contribution in [0.5, 0.6) is 5.75 Å². The zero-order valence-corrected chi connectivity index (χ0v) is 15.6. The van der Waals surface area contributed by atoms with Crippen molar-refractivity contribution >= 4 is 17.4 Å². The molecule has 0 aliphatic heterocycles. The molecule has 0 saturated heterocycles. The van der Waals surface area contributed by atoms with Gasteiger partial charge in [0.25, 0.3) is 5.91 Å². The fourth-order valence-corrected chi connectivity index (χ4v) is 2.64. The molecule has 0 aliphatic carbocycles. The van der Waals surface area contributed by atoms with Gasteiger partial charge in [0.2, 0.25) is 0 Å². The van der Waals surface area contributed by atoms with Gasteiger partial charge in [-0.05, 0) is 32.0 Å². The Balaban J connectivity index is 1.73. The van der Waals surface area contributed by atoms with Gasteiger partial charge in [-0.15, -0.1) is 0 Å². The first-order valence-electron chi connectivity index (χ1n) is 8.64. The molecule has 0 unspecified atom stereocenters. The van der Waals surface area contributed by atoms with Crippen LogP contribution in [-0.2, 0) is 6.54 Å². The van der Waals surface area contributed by atoms with E-state index < -0.39 is 0 Å². The summed E-state index contributed by atoms with van der Waals surface area (Å²) in [5.41, 5.74) is 3.17. The van der Waals surface area contributed by atoms with Crippen LogP contribution in [-0.4, -0.2) is 23.0 Å². The highest BCUT2D eigenvalue weighted by atomic mass is 16.5. The van der Waals surface area contributed by atoms with Crippen LogP contribution in [0.25, 0.3) is 0 Å². The largest absolute Gasteiger partial charge is 0.496 e. The van der Waals surface area contributed by atoms with Crippen molar-refractivity contribution in [3.05, 3.63) is 77.2 Å². The summed E-state index contributed by atoms with van der Waals surface area (Å²) in [6, 6.07) is 17.0. The van der Waals surface area contributed by atoms with E-state index in [4.69, 9.17) is 4.74 Å². The van der Waals surface area contributed by atoms with Gasteiger partial charge >= 0.3 is 0 Å². The van der Waals surface area contributed by atoms with Gasteiger partial charge in [0.15, 0.2) is 0 Å². The first kappa shape index (κ1) is 18.4. The van der Waals surface area contributed by atoms with Crippen molar-refractivity contribution in [2.24, 2.45) is 0 Å². The lowest BCUT2D eigenvalue weighted by molar-refractivity contribution is 0.102. The van der Waals surface area contributed by atoms with E-state index in [1.165, 1.54) is 0 Å². The van der Waals surface area contributed by atoms with Gasteiger partial charge in [-0.2, -0.15) is 0 Å². The molecule has 1 heterocycles. The van der Waals surface area contributed by atoms with Crippen LogP contribution in [0, 0.1) is 13.8 Å². The number of anilines is 2. The molecular formula is C21H22N4O2. The fraction of sp³-hybridized carbons (Fsp3) is 0.190. The third-order valence-electron chi connectivity index (χ3n) is 4.03. The molecule has 0 atom stereocenters. The van der Waals surface area contributed by atoms with Gasteiger partial charge < -0.3 is 15.4 Å². The summed E-state index contributed by atoms with van der Waals surface area (Å²) in [4.78, 5) is 21.1. The van der Waals surface area contributed by atoms with Gasteiger partial charge in [0.1, 0.15) is 23.1 Å². The number of amides is 1. The van der Waals surface area contributed by atoms with Crippen LogP contribution in [0.4, 0.5) is 11.5 Å². The van der Waals surface area contributed by atoms with E-state index >= 15 is 0 Å². The van der Waals surface area contributed by atoms with Crippen LogP contribution in [0.15, 0.2) is 54.6 Å². The lowest BCUT2D eigenvalue weighted by atomic mass is 10.2. The fourth-order valence-electron chi connectivity index (χ4n) is 2.64. The minimum Gasteiger partial charge on any atom is -0.496 e. The molecule has 0 spiro atoms. The molecule has 1 amide bonds. The Bertz CT molecular complexity index is 939. The Labute approximate surface area is 158 Å². The SMILES string of the molecule is COc1ccccc1CNc1cc(C(=O)Nc2ccc(C)cc2)nc(C)n1. The van der Waals surface area contributed by atoms with Gasteiger partial charge in [-0.1, -0.05) is 35.9 Å². The second-order valence-corrected chi connectivity index (χ2v) is 6.17. The van der Waals surface area contributed by atoms with E-state index in [0.29, 0.717) is 23.9 Å². The van der Waals surface area contributed by atoms with Gasteiger partial charge in [-0.3, -0.25) is 4.79 Å². The average molecular weight is 362 g/mol. The van der Waals surface area contributed by atoms with Crippen LogP contribution >= 0.6 is 0 Å². The third-order valence-corrected chi connectivity index (χ3v) is 4.03. The second kappa shape index (κ2) is 8.31. The van der Waals surface area contributed by atoms with E-state index in [1.54, 1.807) is 20.1 Å². The number of nitrogens with one attached hydrogen (secondary N) is 2. The van der Waals surface area contributed by atoms with Gasteiger partial charge in [0, 0.05) is 23.9 Å². The van der Waals surface area contributed by atoms with Crippen molar-refractivity contribution in [2.45, 2.75) is 20.4 Å². The lowest BCUT2D eigenvalue weighted by Gasteiger charge is -2.11. The maximum Gasteiger partial charge on any atom is 0.274 e. The summed E-state index contributed by atoms with van der Waals surface area (Å²) < 4.78 is 5.36. The quantitative estimate of drug-likeness (QED) is 0.694. The lowest BCUT2D eigenvalue weighted by Crippen LogP contribution is -2.16. The van der Waals surface area contributed by atoms with Crippen molar-refractivity contribution in [1.29, 1.82) is 0 Å². The predicted octanol–water partition coefficient (Wildman–Crippen LogP) is 3.97. The van der Waals surface area contributed by atoms with Crippen LogP contribution in [0.1, 0.15) is 27.4 Å². The molecule has 1 aromatic heterocycles. The molecule has 0 aliphatic rings. The highest BCUT2D eigenvalue weighted by Crippen LogP contribution is 2.19. The van der Waals surface area contributed by atoms with Crippen LogP contribution in [0.2, 0.25) is 0 Å². The van der Waals surface area contributed by atoms with E-state index in [1.807, 2.05) is 55.5 Å². The number of benzene rings is 2. The first-order valence-corrected chi connectivity index (χ1v) is 8.64. The standard InChI is InChI=1S/C21H22N4O2/c1-14-8-10-17(11-9-14)25-21(26)18-12-20(24-15(2)23-18)22-13-16-6-4-5-7-19(16)27-3/h4-12H,13H2,1-3H3,(H,25,26)(H,22,23,24). The number of para-hydroxylation sites is 1. The Morgan fingerprint density at radius 3 is 2.52 bits per heavy atom. The number of hydrogen-bond acceptors (Lipinski definition) is 5. The molecular weight excluding hydrogens is 340 g/mol. The number of carbonyl (C=O) groups is 1. The van der Waals surface area contributed by atoms with Gasteiger partial charge in [0.05, 0.1) is 7.11 Å². The van der Waals surface area contributed by atoms with Crippen LogP contribution < -0.4 is 15.4 Å². The summed E-state index contributed by atoms with van der Waals surface area (Å²) in [7, 11) is 1.64. The normalized spacial score (nSPS) is 10.3. The van der Waals surface area contributed by atoms with Crippen molar-refractivity contribution in [3.63, 3.8) is 0 Å². The molecule has 2 N–H and O–H groups in total. The molecule has 138 valence electrons. The first-order chi connectivity index (χ1) is 13.0. The molecule has 0 fully saturated rings. The van der Waals surface area contributed by atoms with E-state index in [2.05, 4.69) is 20.6 Å². The predicted molar refractivity (Wildman–Crippen MR) is 106 cm³/mol. The molecule has 0 saturated carbocycles. The van der Waals surface area contributed by atoms with Crippen molar-refractivity contribution in [2.75, 3.05) is 17.7 Å². The van der Waals surface area contributed by atoms with Crippen molar-refractivity contribution in [1.82, 2.24) is 9.97 Å². The molecule has 6 nitrogen and oxygen atoms in total. The topological polar surface area (TPSA) is 76.1 Å². The molecule has 3 aromatic rings. The van der Waals surface area contributed by atoms with Gasteiger partial charge in [-0.25, -0.2) is 9.97 Å². The Kier molecular flexibility index (Phi) is 5.66. The summed E-state index contributed by atoms with van der Waals surface area (Å²) >= 11 is 0. The van der Waals surface area contributed by atoms with E-state index in [-0.39, 0.29) is 5.91 Å². The molecule has 27 heavy (non-hydrogen) atoms. The highest BCUT2D eigenvalue weighted by molar-refractivity contribution is 6.03. The number of aryl methyl sites for hydroxylation is 2. The average Bonchev–Trinajstić information content (AvgIpc) is 2.68. The number of hydrogen-bond donors (Lipinski definition) is 2.